The molecule has 2 fully saturated rings. The highest BCUT2D eigenvalue weighted by Crippen LogP contribution is 2.33. The molecule has 188 valence electrons. The summed E-state index contributed by atoms with van der Waals surface area (Å²) in [6, 6.07) is 16.3. The van der Waals surface area contributed by atoms with Crippen molar-refractivity contribution in [3.8, 4) is 11.5 Å². The molecule has 2 unspecified atom stereocenters. The maximum atomic E-state index is 5.62. The average molecular weight is 465 g/mol. The SMILES string of the molecule is C.C.C.C.CC(C)(c1ccc(OCOCC2CO2)cc1)c1ccc(OCOCC2CO2)cc1. The zero-order valence-corrected chi connectivity index (χ0v) is 17.0. The van der Waals surface area contributed by atoms with Crippen LogP contribution in [0, 0.1) is 0 Å². The van der Waals surface area contributed by atoms with Gasteiger partial charge in [0.05, 0.1) is 26.4 Å². The van der Waals surface area contributed by atoms with Crippen molar-refractivity contribution < 1.29 is 28.4 Å². The second-order valence-corrected chi connectivity index (χ2v) is 7.85. The van der Waals surface area contributed by atoms with Crippen LogP contribution in [0.5, 0.6) is 11.5 Å². The minimum Gasteiger partial charge on any atom is -0.468 e. The average Bonchev–Trinajstić information content (AvgIpc) is 3.65. The third-order valence-corrected chi connectivity index (χ3v) is 5.18. The molecule has 33 heavy (non-hydrogen) atoms. The van der Waals surface area contributed by atoms with Gasteiger partial charge in [-0.25, -0.2) is 0 Å². The molecule has 0 saturated carbocycles. The summed E-state index contributed by atoms with van der Waals surface area (Å²) < 4.78 is 32.3. The third kappa shape index (κ3) is 9.33. The summed E-state index contributed by atoms with van der Waals surface area (Å²) in [7, 11) is 0. The highest BCUT2D eigenvalue weighted by atomic mass is 16.7. The quantitative estimate of drug-likeness (QED) is 0.216. The van der Waals surface area contributed by atoms with E-state index < -0.39 is 0 Å². The lowest BCUT2D eigenvalue weighted by Crippen LogP contribution is -2.18. The maximum Gasteiger partial charge on any atom is 0.189 e. The molecule has 0 bridgehead atoms. The normalized spacial score (nSPS) is 17.9. The van der Waals surface area contributed by atoms with Gasteiger partial charge >= 0.3 is 0 Å². The summed E-state index contributed by atoms with van der Waals surface area (Å²) in [6.07, 6.45) is 0.506. The van der Waals surface area contributed by atoms with Crippen molar-refractivity contribution in [2.45, 2.75) is 61.2 Å². The van der Waals surface area contributed by atoms with Gasteiger partial charge in [-0.15, -0.1) is 0 Å². The van der Waals surface area contributed by atoms with Crippen molar-refractivity contribution in [1.82, 2.24) is 0 Å². The number of hydrogen-bond donors (Lipinski definition) is 0. The molecule has 0 spiro atoms. The zero-order valence-electron chi connectivity index (χ0n) is 17.0. The van der Waals surface area contributed by atoms with E-state index in [4.69, 9.17) is 28.4 Å². The molecule has 2 aliphatic heterocycles. The summed E-state index contributed by atoms with van der Waals surface area (Å²) in [5.74, 6) is 1.59. The zero-order chi connectivity index (χ0) is 20.1. The standard InChI is InChI=1S/C23H28O6.4CH4/c1-23(2,17-3-7-19(8-4-17)28-15-24-11-21-13-26-21)18-5-9-20(10-6-18)29-16-25-12-22-14-27-22;;;;/h3-10,21-22H,11-16H2,1-2H3;4*1H4. The summed E-state index contributed by atoms with van der Waals surface area (Å²) in [6.45, 7) is 7.65. The first-order valence-corrected chi connectivity index (χ1v) is 9.96. The van der Waals surface area contributed by atoms with Crippen LogP contribution >= 0.6 is 0 Å². The first-order chi connectivity index (χ1) is 14.1. The Bertz CT molecular complexity index is 699. The molecule has 2 heterocycles. The van der Waals surface area contributed by atoms with Crippen molar-refractivity contribution in [3.05, 3.63) is 59.7 Å². The van der Waals surface area contributed by atoms with Crippen LogP contribution in [0.4, 0.5) is 0 Å². The fourth-order valence-corrected chi connectivity index (χ4v) is 3.01. The highest BCUT2D eigenvalue weighted by molar-refractivity contribution is 5.41. The fraction of sp³-hybridized carbons (Fsp3) is 0.556. The summed E-state index contributed by atoms with van der Waals surface area (Å²) in [5, 5.41) is 0. The van der Waals surface area contributed by atoms with Gasteiger partial charge in [0.25, 0.3) is 0 Å². The molecule has 0 radical (unpaired) electrons. The number of ether oxygens (including phenoxy) is 6. The monoisotopic (exact) mass is 464 g/mol. The largest absolute Gasteiger partial charge is 0.468 e. The minimum absolute atomic E-state index is 0. The Morgan fingerprint density at radius 3 is 1.30 bits per heavy atom. The fourth-order valence-electron chi connectivity index (χ4n) is 3.01. The van der Waals surface area contributed by atoms with Crippen molar-refractivity contribution in [2.75, 3.05) is 40.0 Å². The summed E-state index contributed by atoms with van der Waals surface area (Å²) in [4.78, 5) is 0. The Morgan fingerprint density at radius 2 is 1.00 bits per heavy atom. The van der Waals surface area contributed by atoms with E-state index in [1.165, 1.54) is 11.1 Å². The van der Waals surface area contributed by atoms with E-state index in [-0.39, 0.29) is 60.9 Å². The lowest BCUT2D eigenvalue weighted by molar-refractivity contribution is 0.00810. The molecule has 2 aromatic rings. The van der Waals surface area contributed by atoms with E-state index in [9.17, 15) is 0 Å². The molecule has 2 aliphatic rings. The second kappa shape index (κ2) is 14.2. The topological polar surface area (TPSA) is 62.0 Å². The number of hydrogen-bond acceptors (Lipinski definition) is 6. The molecule has 0 amide bonds. The van der Waals surface area contributed by atoms with Crippen LogP contribution in [0.25, 0.3) is 0 Å². The van der Waals surface area contributed by atoms with Crippen LogP contribution in [0.3, 0.4) is 0 Å². The van der Waals surface area contributed by atoms with Crippen LogP contribution in [0.1, 0.15) is 54.7 Å². The van der Waals surface area contributed by atoms with Crippen LogP contribution in [-0.4, -0.2) is 52.2 Å². The minimum atomic E-state index is -0.142. The van der Waals surface area contributed by atoms with Gasteiger partial charge in [-0.05, 0) is 35.4 Å². The van der Waals surface area contributed by atoms with Gasteiger partial charge in [-0.3, -0.25) is 0 Å². The van der Waals surface area contributed by atoms with Crippen LogP contribution < -0.4 is 9.47 Å². The Hall–Kier alpha value is -2.12. The molecule has 2 saturated heterocycles. The number of benzene rings is 2. The van der Waals surface area contributed by atoms with Crippen molar-refractivity contribution >= 4 is 0 Å². The van der Waals surface area contributed by atoms with E-state index in [0.717, 1.165) is 24.7 Å². The summed E-state index contributed by atoms with van der Waals surface area (Å²) in [5.41, 5.74) is 2.27. The third-order valence-electron chi connectivity index (χ3n) is 5.18. The Balaban J connectivity index is 0.00000256. The lowest BCUT2D eigenvalue weighted by Gasteiger charge is -2.26. The van der Waals surface area contributed by atoms with Crippen LogP contribution in [-0.2, 0) is 24.4 Å². The van der Waals surface area contributed by atoms with Crippen LogP contribution in [0.2, 0.25) is 0 Å². The Kier molecular flexibility index (Phi) is 13.3. The molecule has 0 aromatic heterocycles. The maximum absolute atomic E-state index is 5.62. The van der Waals surface area contributed by atoms with E-state index >= 15 is 0 Å². The molecule has 0 aliphatic carbocycles. The van der Waals surface area contributed by atoms with E-state index in [2.05, 4.69) is 38.1 Å². The van der Waals surface area contributed by atoms with E-state index in [1.54, 1.807) is 0 Å². The molecular formula is C27H44O6. The lowest BCUT2D eigenvalue weighted by atomic mass is 9.78. The highest BCUT2D eigenvalue weighted by Gasteiger charge is 2.24. The summed E-state index contributed by atoms with van der Waals surface area (Å²) >= 11 is 0. The van der Waals surface area contributed by atoms with E-state index in [0.29, 0.717) is 13.2 Å². The Morgan fingerprint density at radius 1 is 0.667 bits per heavy atom. The Labute approximate surface area is 201 Å². The van der Waals surface area contributed by atoms with E-state index in [1.807, 2.05) is 24.3 Å². The van der Waals surface area contributed by atoms with Gasteiger partial charge in [0.15, 0.2) is 13.6 Å². The smallest absolute Gasteiger partial charge is 0.189 e. The molecule has 6 heteroatoms. The second-order valence-electron chi connectivity index (χ2n) is 7.85. The van der Waals surface area contributed by atoms with Gasteiger partial charge in [0, 0.05) is 5.41 Å². The first kappa shape index (κ1) is 30.9. The molecule has 2 aromatic carbocycles. The predicted octanol–water partition coefficient (Wildman–Crippen LogP) is 6.06. The predicted molar refractivity (Wildman–Crippen MR) is 134 cm³/mol. The van der Waals surface area contributed by atoms with Gasteiger partial charge in [-0.1, -0.05) is 67.8 Å². The molecule has 4 rings (SSSR count). The molecule has 2 atom stereocenters. The molecule has 0 N–H and O–H groups in total. The van der Waals surface area contributed by atoms with Crippen LogP contribution in [0.15, 0.2) is 48.5 Å². The van der Waals surface area contributed by atoms with Gasteiger partial charge in [0.1, 0.15) is 23.7 Å². The number of rotatable bonds is 12. The van der Waals surface area contributed by atoms with Crippen molar-refractivity contribution in [1.29, 1.82) is 0 Å². The number of epoxide rings is 2. The molecule has 6 nitrogen and oxygen atoms in total. The van der Waals surface area contributed by atoms with Gasteiger partial charge in [-0.2, -0.15) is 0 Å². The first-order valence-electron chi connectivity index (χ1n) is 9.96. The van der Waals surface area contributed by atoms with Crippen molar-refractivity contribution in [2.24, 2.45) is 0 Å². The van der Waals surface area contributed by atoms with Gasteiger partial charge < -0.3 is 28.4 Å². The van der Waals surface area contributed by atoms with Gasteiger partial charge in [0.2, 0.25) is 0 Å². The van der Waals surface area contributed by atoms with Crippen molar-refractivity contribution in [3.63, 3.8) is 0 Å². The molecular weight excluding hydrogens is 420 g/mol.